The molecule has 0 heterocycles. The summed E-state index contributed by atoms with van der Waals surface area (Å²) in [7, 11) is -3.68. The molecule has 5 nitrogen and oxygen atoms in total. The fourth-order valence-corrected chi connectivity index (χ4v) is 3.19. The minimum Gasteiger partial charge on any atom is -0.342 e. The average Bonchev–Trinajstić information content (AvgIpc) is 2.47. The number of carbonyl (C=O) groups excluding carboxylic acids is 2. The zero-order valence-corrected chi connectivity index (χ0v) is 13.4. The van der Waals surface area contributed by atoms with Crippen LogP contribution >= 0.6 is 0 Å². The van der Waals surface area contributed by atoms with Crippen LogP contribution in [-0.4, -0.2) is 43.9 Å². The lowest BCUT2D eigenvalue weighted by atomic mass is 10.1. The molecule has 1 aromatic rings. The van der Waals surface area contributed by atoms with Crippen LogP contribution in [0, 0.1) is 0 Å². The smallest absolute Gasteiger partial charge is 0.238 e. The van der Waals surface area contributed by atoms with Gasteiger partial charge in [0.1, 0.15) is 5.75 Å². The predicted molar refractivity (Wildman–Crippen MR) is 81.0 cm³/mol. The van der Waals surface area contributed by atoms with Crippen LogP contribution in [0.15, 0.2) is 29.2 Å². The molecule has 0 aliphatic rings. The lowest BCUT2D eigenvalue weighted by Gasteiger charge is -2.18. The van der Waals surface area contributed by atoms with E-state index in [4.69, 9.17) is 0 Å². The summed E-state index contributed by atoms with van der Waals surface area (Å²) in [6, 6.07) is 5.74. The number of hydrogen-bond acceptors (Lipinski definition) is 4. The number of hydrogen-bond donors (Lipinski definition) is 0. The van der Waals surface area contributed by atoms with Crippen LogP contribution in [0.3, 0.4) is 0 Å². The highest BCUT2D eigenvalue weighted by molar-refractivity contribution is 7.92. The van der Waals surface area contributed by atoms with E-state index in [-0.39, 0.29) is 10.7 Å². The number of Topliss-reactive ketones (excluding diaryl/α,β-unsaturated/α-hetero) is 1. The number of benzene rings is 1. The molecule has 0 atom stereocenters. The molecule has 0 saturated heterocycles. The van der Waals surface area contributed by atoms with E-state index in [1.54, 1.807) is 20.8 Å². The Kier molecular flexibility index (Phi) is 6.08. The van der Waals surface area contributed by atoms with Gasteiger partial charge >= 0.3 is 0 Å². The van der Waals surface area contributed by atoms with Crippen molar-refractivity contribution in [2.75, 3.05) is 18.8 Å². The molecule has 1 aromatic carbocycles. The summed E-state index contributed by atoms with van der Waals surface area (Å²) in [4.78, 5) is 25.0. The van der Waals surface area contributed by atoms with E-state index in [1.807, 2.05) is 0 Å². The summed E-state index contributed by atoms with van der Waals surface area (Å²) in [6.45, 7) is 6.32. The van der Waals surface area contributed by atoms with Crippen molar-refractivity contribution in [3.8, 4) is 0 Å². The van der Waals surface area contributed by atoms with Crippen molar-refractivity contribution in [3.63, 3.8) is 0 Å². The van der Waals surface area contributed by atoms with E-state index in [9.17, 15) is 18.0 Å². The van der Waals surface area contributed by atoms with E-state index in [1.165, 1.54) is 29.2 Å². The molecule has 0 aromatic heterocycles. The quantitative estimate of drug-likeness (QED) is 0.721. The molecular weight excluding hydrogens is 290 g/mol. The fraction of sp³-hybridized carbons (Fsp3) is 0.467. The second-order valence-electron chi connectivity index (χ2n) is 4.63. The first-order valence-corrected chi connectivity index (χ1v) is 8.64. The van der Waals surface area contributed by atoms with Crippen molar-refractivity contribution in [1.82, 2.24) is 4.90 Å². The molecule has 0 bridgehead atoms. The molecule has 116 valence electrons. The Morgan fingerprint density at radius 3 is 1.95 bits per heavy atom. The van der Waals surface area contributed by atoms with Gasteiger partial charge in [-0.05, 0) is 26.0 Å². The maximum Gasteiger partial charge on any atom is 0.238 e. The van der Waals surface area contributed by atoms with Crippen molar-refractivity contribution in [2.45, 2.75) is 32.1 Å². The normalized spacial score (nSPS) is 11.2. The van der Waals surface area contributed by atoms with Crippen LogP contribution in [0.5, 0.6) is 0 Å². The first-order chi connectivity index (χ1) is 9.85. The summed E-state index contributed by atoms with van der Waals surface area (Å²) in [5.41, 5.74) is 0.478. The largest absolute Gasteiger partial charge is 0.342 e. The second kappa shape index (κ2) is 7.36. The maximum absolute atomic E-state index is 12.2. The Bertz CT molecular complexity index is 601. The van der Waals surface area contributed by atoms with Crippen LogP contribution < -0.4 is 0 Å². The molecule has 1 amide bonds. The third kappa shape index (κ3) is 4.39. The van der Waals surface area contributed by atoms with Gasteiger partial charge in [0, 0.05) is 25.1 Å². The van der Waals surface area contributed by atoms with Gasteiger partial charge < -0.3 is 4.90 Å². The van der Waals surface area contributed by atoms with Gasteiger partial charge in [-0.1, -0.05) is 19.1 Å². The SMILES string of the molecule is CCC(=O)c1ccc(S(=O)(=O)CC(=O)N(CC)CC)cc1. The lowest BCUT2D eigenvalue weighted by Crippen LogP contribution is -2.35. The number of nitrogens with zero attached hydrogens (tertiary/aromatic N) is 1. The van der Waals surface area contributed by atoms with Gasteiger partial charge in [0.25, 0.3) is 0 Å². The van der Waals surface area contributed by atoms with Crippen molar-refractivity contribution in [2.24, 2.45) is 0 Å². The van der Waals surface area contributed by atoms with E-state index in [0.717, 1.165) is 0 Å². The molecule has 0 aliphatic heterocycles. The van der Waals surface area contributed by atoms with Crippen molar-refractivity contribution in [1.29, 1.82) is 0 Å². The van der Waals surface area contributed by atoms with Gasteiger partial charge in [-0.2, -0.15) is 0 Å². The Balaban J connectivity index is 2.93. The standard InChI is InChI=1S/C15H21NO4S/c1-4-14(17)12-7-9-13(10-8-12)21(19,20)11-15(18)16(5-2)6-3/h7-10H,4-6,11H2,1-3H3. The number of carbonyl (C=O) groups is 2. The van der Waals surface area contributed by atoms with Gasteiger partial charge in [0.15, 0.2) is 15.6 Å². The van der Waals surface area contributed by atoms with Crippen molar-refractivity contribution in [3.05, 3.63) is 29.8 Å². The third-order valence-electron chi connectivity index (χ3n) is 3.29. The van der Waals surface area contributed by atoms with Crippen LogP contribution in [0.4, 0.5) is 0 Å². The predicted octanol–water partition coefficient (Wildman–Crippen LogP) is 1.92. The van der Waals surface area contributed by atoms with Gasteiger partial charge in [-0.3, -0.25) is 9.59 Å². The Hall–Kier alpha value is -1.69. The van der Waals surface area contributed by atoms with Gasteiger partial charge in [0.05, 0.1) is 4.90 Å². The van der Waals surface area contributed by atoms with Gasteiger partial charge in [-0.15, -0.1) is 0 Å². The molecule has 6 heteroatoms. The van der Waals surface area contributed by atoms with Gasteiger partial charge in [-0.25, -0.2) is 8.42 Å². The molecule has 0 N–H and O–H groups in total. The molecule has 0 saturated carbocycles. The van der Waals surface area contributed by atoms with Gasteiger partial charge in [0.2, 0.25) is 5.91 Å². The number of ketones is 1. The zero-order valence-electron chi connectivity index (χ0n) is 12.6. The highest BCUT2D eigenvalue weighted by atomic mass is 32.2. The summed E-state index contributed by atoms with van der Waals surface area (Å²) in [5, 5.41) is 0. The monoisotopic (exact) mass is 311 g/mol. The van der Waals surface area contributed by atoms with E-state index < -0.39 is 21.5 Å². The number of amides is 1. The lowest BCUT2D eigenvalue weighted by molar-refractivity contribution is -0.128. The average molecular weight is 311 g/mol. The first-order valence-electron chi connectivity index (χ1n) is 6.99. The summed E-state index contributed by atoms with van der Waals surface area (Å²) >= 11 is 0. The van der Waals surface area contributed by atoms with Crippen LogP contribution in [0.1, 0.15) is 37.6 Å². The maximum atomic E-state index is 12.2. The first kappa shape index (κ1) is 17.4. The van der Waals surface area contributed by atoms with Crippen LogP contribution in [-0.2, 0) is 14.6 Å². The Morgan fingerprint density at radius 1 is 1.00 bits per heavy atom. The number of rotatable bonds is 7. The second-order valence-corrected chi connectivity index (χ2v) is 6.62. The zero-order chi connectivity index (χ0) is 16.0. The van der Waals surface area contributed by atoms with Crippen molar-refractivity contribution >= 4 is 21.5 Å². The summed E-state index contributed by atoms with van der Waals surface area (Å²) in [6.07, 6.45) is 0.368. The highest BCUT2D eigenvalue weighted by Crippen LogP contribution is 2.14. The summed E-state index contributed by atoms with van der Waals surface area (Å²) in [5.74, 6) is -0.998. The van der Waals surface area contributed by atoms with Crippen molar-refractivity contribution < 1.29 is 18.0 Å². The van der Waals surface area contributed by atoms with Crippen LogP contribution in [0.25, 0.3) is 0 Å². The molecule has 0 radical (unpaired) electrons. The Labute approximate surface area is 125 Å². The molecule has 1 rings (SSSR count). The summed E-state index contributed by atoms with van der Waals surface area (Å²) < 4.78 is 24.4. The minimum absolute atomic E-state index is 0.0434. The third-order valence-corrected chi connectivity index (χ3v) is 4.90. The molecule has 21 heavy (non-hydrogen) atoms. The molecule has 0 spiro atoms. The molecule has 0 aliphatic carbocycles. The molecular formula is C15H21NO4S. The molecule has 0 fully saturated rings. The topological polar surface area (TPSA) is 71.5 Å². The molecule has 0 unspecified atom stereocenters. The fourth-order valence-electron chi connectivity index (χ4n) is 1.97. The Morgan fingerprint density at radius 2 is 1.52 bits per heavy atom. The minimum atomic E-state index is -3.68. The van der Waals surface area contributed by atoms with E-state index in [2.05, 4.69) is 0 Å². The highest BCUT2D eigenvalue weighted by Gasteiger charge is 2.22. The van der Waals surface area contributed by atoms with E-state index >= 15 is 0 Å². The number of sulfone groups is 1. The van der Waals surface area contributed by atoms with E-state index in [0.29, 0.717) is 25.1 Å². The van der Waals surface area contributed by atoms with Crippen LogP contribution in [0.2, 0.25) is 0 Å².